The molecule has 1 aromatic carbocycles. The van der Waals surface area contributed by atoms with Gasteiger partial charge >= 0.3 is 5.97 Å². The van der Waals surface area contributed by atoms with Crippen molar-refractivity contribution in [2.75, 3.05) is 13.1 Å². The van der Waals surface area contributed by atoms with Crippen LogP contribution in [0, 0.1) is 17.7 Å². The summed E-state index contributed by atoms with van der Waals surface area (Å²) in [6.45, 7) is 0.259. The molecule has 0 aromatic heterocycles. The highest BCUT2D eigenvalue weighted by atomic mass is 32.2. The molecule has 1 saturated carbocycles. The molecule has 7 nitrogen and oxygen atoms in total. The van der Waals surface area contributed by atoms with E-state index >= 15 is 0 Å². The lowest BCUT2D eigenvalue weighted by Crippen LogP contribution is -2.49. The minimum absolute atomic E-state index is 0.0126. The number of carboxylic acids is 1. The molecule has 2 fully saturated rings. The number of nitrogens with one attached hydrogen (secondary N) is 1. The number of halogens is 1. The van der Waals surface area contributed by atoms with Crippen LogP contribution in [0.2, 0.25) is 0 Å². The van der Waals surface area contributed by atoms with Gasteiger partial charge in [-0.2, -0.15) is 4.31 Å². The third-order valence-corrected chi connectivity index (χ3v) is 6.97. The van der Waals surface area contributed by atoms with Crippen molar-refractivity contribution < 1.29 is 27.5 Å². The maximum absolute atomic E-state index is 13.1. The van der Waals surface area contributed by atoms with Crippen molar-refractivity contribution in [3.63, 3.8) is 0 Å². The molecule has 2 unspecified atom stereocenters. The molecule has 1 heterocycles. The van der Waals surface area contributed by atoms with E-state index in [2.05, 4.69) is 5.32 Å². The number of sulfonamides is 1. The molecule has 1 aromatic rings. The molecule has 2 N–H and O–H groups in total. The minimum Gasteiger partial charge on any atom is -0.480 e. The summed E-state index contributed by atoms with van der Waals surface area (Å²) in [7, 11) is -3.83. The Morgan fingerprint density at radius 1 is 1.22 bits per heavy atom. The maximum atomic E-state index is 13.1. The fourth-order valence-electron chi connectivity index (χ4n) is 3.33. The smallest absolute Gasteiger partial charge is 0.326 e. The van der Waals surface area contributed by atoms with E-state index in [9.17, 15) is 27.5 Å². The van der Waals surface area contributed by atoms with E-state index in [4.69, 9.17) is 0 Å². The molecule has 1 saturated heterocycles. The van der Waals surface area contributed by atoms with Crippen molar-refractivity contribution >= 4 is 21.9 Å². The summed E-state index contributed by atoms with van der Waals surface area (Å²) in [5.41, 5.74) is 0. The van der Waals surface area contributed by atoms with Crippen LogP contribution in [-0.4, -0.2) is 48.8 Å². The first kappa shape index (κ1) is 19.8. The number of carbonyl (C=O) groups excluding carboxylic acids is 1. The zero-order valence-corrected chi connectivity index (χ0v) is 15.6. The van der Waals surface area contributed by atoms with E-state index in [0.29, 0.717) is 25.2 Å². The summed E-state index contributed by atoms with van der Waals surface area (Å²) >= 11 is 0. The van der Waals surface area contributed by atoms with Gasteiger partial charge < -0.3 is 10.4 Å². The molecule has 148 valence electrons. The van der Waals surface area contributed by atoms with Gasteiger partial charge in [0.25, 0.3) is 0 Å². The Morgan fingerprint density at radius 3 is 2.48 bits per heavy atom. The van der Waals surface area contributed by atoms with Crippen molar-refractivity contribution in [1.82, 2.24) is 9.62 Å². The maximum Gasteiger partial charge on any atom is 0.326 e. The minimum atomic E-state index is -3.83. The van der Waals surface area contributed by atoms with Crippen LogP contribution in [0.25, 0.3) is 0 Å². The average Bonchev–Trinajstić information content (AvgIpc) is 3.45. The second kappa shape index (κ2) is 7.93. The zero-order valence-electron chi connectivity index (χ0n) is 14.8. The highest BCUT2D eigenvalue weighted by Crippen LogP contribution is 2.33. The molecule has 2 atom stereocenters. The first-order chi connectivity index (χ1) is 12.8. The number of carbonyl (C=O) groups is 2. The third kappa shape index (κ3) is 4.84. The number of benzene rings is 1. The summed E-state index contributed by atoms with van der Waals surface area (Å²) in [5, 5.41) is 11.9. The number of aliphatic carboxylic acids is 1. The number of hydrogen-bond donors (Lipinski definition) is 2. The van der Waals surface area contributed by atoms with Gasteiger partial charge in [0.2, 0.25) is 15.9 Å². The van der Waals surface area contributed by atoms with Gasteiger partial charge in [-0.3, -0.25) is 4.79 Å². The number of rotatable bonds is 7. The van der Waals surface area contributed by atoms with Crippen LogP contribution in [0.1, 0.15) is 32.1 Å². The number of hydrogen-bond acceptors (Lipinski definition) is 4. The lowest BCUT2D eigenvalue weighted by Gasteiger charge is -2.31. The Labute approximate surface area is 157 Å². The Morgan fingerprint density at radius 2 is 1.89 bits per heavy atom. The summed E-state index contributed by atoms with van der Waals surface area (Å²) in [5.74, 6) is -2.28. The van der Waals surface area contributed by atoms with E-state index in [1.165, 1.54) is 16.4 Å². The largest absolute Gasteiger partial charge is 0.480 e. The van der Waals surface area contributed by atoms with Crippen LogP contribution in [0.3, 0.4) is 0 Å². The normalized spacial score (nSPS) is 22.2. The first-order valence-electron chi connectivity index (χ1n) is 9.06. The molecular weight excluding hydrogens is 375 g/mol. The van der Waals surface area contributed by atoms with Crippen molar-refractivity contribution in [3.05, 3.63) is 30.1 Å². The molecule has 1 aliphatic heterocycles. The summed E-state index contributed by atoms with van der Waals surface area (Å²) in [6.07, 6.45) is 3.36. The summed E-state index contributed by atoms with van der Waals surface area (Å²) in [4.78, 5) is 23.9. The van der Waals surface area contributed by atoms with Gasteiger partial charge in [-0.05, 0) is 49.4 Å². The van der Waals surface area contributed by atoms with Crippen molar-refractivity contribution in [2.24, 2.45) is 11.8 Å². The number of nitrogens with zero attached hydrogens (tertiary/aromatic N) is 1. The molecule has 3 rings (SSSR count). The highest BCUT2D eigenvalue weighted by molar-refractivity contribution is 7.89. The fourth-order valence-corrected chi connectivity index (χ4v) is 4.85. The van der Waals surface area contributed by atoms with Crippen molar-refractivity contribution in [3.8, 4) is 0 Å². The van der Waals surface area contributed by atoms with Gasteiger partial charge in [0.15, 0.2) is 0 Å². The van der Waals surface area contributed by atoms with Gasteiger partial charge in [-0.1, -0.05) is 12.8 Å². The van der Waals surface area contributed by atoms with Crippen LogP contribution in [-0.2, 0) is 19.6 Å². The van der Waals surface area contributed by atoms with Gasteiger partial charge in [0.05, 0.1) is 10.8 Å². The zero-order chi connectivity index (χ0) is 19.6. The molecule has 9 heteroatoms. The topological polar surface area (TPSA) is 104 Å². The second-order valence-electron chi connectivity index (χ2n) is 7.23. The van der Waals surface area contributed by atoms with E-state index in [-0.39, 0.29) is 18.0 Å². The Bertz CT molecular complexity index is 808. The fraction of sp³-hybridized carbons (Fsp3) is 0.556. The van der Waals surface area contributed by atoms with E-state index < -0.39 is 39.7 Å². The molecule has 0 bridgehead atoms. The Balaban J connectivity index is 1.66. The van der Waals surface area contributed by atoms with Crippen molar-refractivity contribution in [1.29, 1.82) is 0 Å². The predicted octanol–water partition coefficient (Wildman–Crippen LogP) is 1.60. The van der Waals surface area contributed by atoms with E-state index in [0.717, 1.165) is 25.0 Å². The van der Waals surface area contributed by atoms with Gasteiger partial charge in [0.1, 0.15) is 11.9 Å². The van der Waals surface area contributed by atoms with Crippen LogP contribution in [0.15, 0.2) is 29.2 Å². The Kier molecular flexibility index (Phi) is 5.81. The standard InChI is InChI=1S/C18H23FN2O5S/c19-14-5-7-15(8-6-14)27(25,26)21-9-1-2-13(11-21)17(22)20-16(18(23)24)10-12-3-4-12/h5-8,12-13,16H,1-4,9-11H2,(H,20,22)(H,23,24). The second-order valence-corrected chi connectivity index (χ2v) is 9.17. The van der Waals surface area contributed by atoms with Crippen LogP contribution in [0.5, 0.6) is 0 Å². The quantitative estimate of drug-likeness (QED) is 0.726. The molecular formula is C18H23FN2O5S. The van der Waals surface area contributed by atoms with Gasteiger partial charge in [-0.15, -0.1) is 0 Å². The first-order valence-corrected chi connectivity index (χ1v) is 10.5. The molecule has 0 spiro atoms. The number of amides is 1. The lowest BCUT2D eigenvalue weighted by atomic mass is 9.98. The van der Waals surface area contributed by atoms with Gasteiger partial charge in [-0.25, -0.2) is 17.6 Å². The SMILES string of the molecule is O=C(NC(CC1CC1)C(=O)O)C1CCCN(S(=O)(=O)c2ccc(F)cc2)C1. The Hall–Kier alpha value is -2.00. The molecule has 0 radical (unpaired) electrons. The molecule has 1 aliphatic carbocycles. The predicted molar refractivity (Wildman–Crippen MR) is 94.8 cm³/mol. The third-order valence-electron chi connectivity index (χ3n) is 5.09. The number of carboxylic acid groups (broad SMARTS) is 1. The van der Waals surface area contributed by atoms with Gasteiger partial charge in [0, 0.05) is 13.1 Å². The summed E-state index contributed by atoms with van der Waals surface area (Å²) < 4.78 is 39.7. The highest BCUT2D eigenvalue weighted by Gasteiger charge is 2.36. The van der Waals surface area contributed by atoms with Crippen molar-refractivity contribution in [2.45, 2.75) is 43.0 Å². The van der Waals surface area contributed by atoms with Crippen LogP contribution in [0.4, 0.5) is 4.39 Å². The van der Waals surface area contributed by atoms with Crippen LogP contribution < -0.4 is 5.32 Å². The van der Waals surface area contributed by atoms with E-state index in [1.54, 1.807) is 0 Å². The molecule has 27 heavy (non-hydrogen) atoms. The monoisotopic (exact) mass is 398 g/mol. The summed E-state index contributed by atoms with van der Waals surface area (Å²) in [6, 6.07) is 3.62. The number of piperidine rings is 1. The lowest BCUT2D eigenvalue weighted by molar-refractivity contribution is -0.143. The average molecular weight is 398 g/mol. The van der Waals surface area contributed by atoms with Crippen LogP contribution >= 0.6 is 0 Å². The van der Waals surface area contributed by atoms with E-state index in [1.807, 2.05) is 0 Å². The molecule has 2 aliphatic rings. The molecule has 1 amide bonds.